The summed E-state index contributed by atoms with van der Waals surface area (Å²) in [6.07, 6.45) is 0. The second-order valence-electron chi connectivity index (χ2n) is 4.49. The van der Waals surface area contributed by atoms with Crippen LogP contribution in [0.5, 0.6) is 0 Å². The minimum atomic E-state index is -4.30. The molecule has 24 heavy (non-hydrogen) atoms. The summed E-state index contributed by atoms with van der Waals surface area (Å²) in [6.45, 7) is 3.45. The van der Waals surface area contributed by atoms with E-state index in [1.54, 1.807) is 25.1 Å². The van der Waals surface area contributed by atoms with Gasteiger partial charge in [-0.25, -0.2) is 16.8 Å². The quantitative estimate of drug-likeness (QED) is 0.381. The Hall–Kier alpha value is 0.260. The van der Waals surface area contributed by atoms with E-state index in [1.807, 2.05) is 6.92 Å². The summed E-state index contributed by atoms with van der Waals surface area (Å²) in [4.78, 5) is -0.317. The van der Waals surface area contributed by atoms with Gasteiger partial charge in [0.25, 0.3) is 0 Å². The average Bonchev–Trinajstić information content (AvgIpc) is 2.38. The zero-order valence-corrected chi connectivity index (χ0v) is 19.5. The van der Waals surface area contributed by atoms with Crippen LogP contribution in [-0.2, 0) is 20.2 Å². The standard InChI is InChI=1S/C8H10O3S.C6H6O3S.2Na/c1-6-3-4-8(7(2)5-6)12(9,10)11;7-10(8,9)6-4-2-1-3-5-6;;/h3-5H,1-2H3,(H,9,10,11);1-5H,(H,7,8,9);;/q;;2*+1/p-2. The van der Waals surface area contributed by atoms with Crippen LogP contribution in [0.2, 0.25) is 0 Å². The van der Waals surface area contributed by atoms with Crippen LogP contribution in [0.15, 0.2) is 58.3 Å². The molecule has 0 amide bonds. The molecule has 2 aromatic rings. The van der Waals surface area contributed by atoms with Crippen molar-refractivity contribution in [3.63, 3.8) is 0 Å². The van der Waals surface area contributed by atoms with E-state index in [-0.39, 0.29) is 68.9 Å². The fraction of sp³-hybridized carbons (Fsp3) is 0.143. The maximum Gasteiger partial charge on any atom is 1.00 e. The summed E-state index contributed by atoms with van der Waals surface area (Å²) in [6, 6.07) is 11.8. The predicted molar refractivity (Wildman–Crippen MR) is 78.3 cm³/mol. The van der Waals surface area contributed by atoms with Crippen LogP contribution in [0.4, 0.5) is 0 Å². The molecule has 0 aliphatic carbocycles. The molecule has 0 unspecified atom stereocenters. The van der Waals surface area contributed by atoms with Crippen molar-refractivity contribution in [1.82, 2.24) is 0 Å². The third-order valence-corrected chi connectivity index (χ3v) is 4.48. The van der Waals surface area contributed by atoms with Crippen LogP contribution in [0.25, 0.3) is 0 Å². The Bertz CT molecular complexity index is 850. The summed E-state index contributed by atoms with van der Waals surface area (Å²) in [7, 11) is -8.55. The molecule has 0 N–H and O–H groups in total. The Morgan fingerprint density at radius 1 is 0.750 bits per heavy atom. The monoisotopic (exact) mass is 388 g/mol. The van der Waals surface area contributed by atoms with Crippen molar-refractivity contribution in [2.45, 2.75) is 23.6 Å². The maximum absolute atomic E-state index is 10.6. The molecule has 0 fully saturated rings. The Morgan fingerprint density at radius 3 is 1.58 bits per heavy atom. The van der Waals surface area contributed by atoms with Gasteiger partial charge < -0.3 is 9.11 Å². The summed E-state index contributed by atoms with van der Waals surface area (Å²) in [5.41, 5.74) is 1.45. The van der Waals surface area contributed by atoms with Crippen molar-refractivity contribution in [2.24, 2.45) is 0 Å². The van der Waals surface area contributed by atoms with E-state index >= 15 is 0 Å². The molecule has 0 aliphatic heterocycles. The summed E-state index contributed by atoms with van der Waals surface area (Å²) < 4.78 is 62.7. The van der Waals surface area contributed by atoms with Gasteiger partial charge in [-0.15, -0.1) is 0 Å². The van der Waals surface area contributed by atoms with Crippen LogP contribution in [0.3, 0.4) is 0 Å². The SMILES string of the molecule is Cc1ccc(S(=O)(=O)[O-])c(C)c1.O=S(=O)([O-])c1ccccc1.[Na+].[Na+]. The number of rotatable bonds is 2. The average molecular weight is 388 g/mol. The number of benzene rings is 2. The van der Waals surface area contributed by atoms with E-state index in [4.69, 9.17) is 0 Å². The van der Waals surface area contributed by atoms with Crippen LogP contribution in [-0.4, -0.2) is 25.9 Å². The number of hydrogen-bond donors (Lipinski definition) is 0. The van der Waals surface area contributed by atoms with Gasteiger partial charge in [0.1, 0.15) is 20.2 Å². The predicted octanol–water partition coefficient (Wildman–Crippen LogP) is -4.19. The van der Waals surface area contributed by atoms with E-state index in [0.29, 0.717) is 5.56 Å². The molecule has 2 rings (SSSR count). The maximum atomic E-state index is 10.6. The number of hydrogen-bond acceptors (Lipinski definition) is 6. The summed E-state index contributed by atoms with van der Waals surface area (Å²) >= 11 is 0. The zero-order chi connectivity index (χ0) is 17.0. The normalized spacial score (nSPS) is 10.5. The Kier molecular flexibility index (Phi) is 12.2. The number of aryl methyl sites for hydroxylation is 2. The molecule has 6 nitrogen and oxygen atoms in total. The van der Waals surface area contributed by atoms with Gasteiger partial charge in [-0.2, -0.15) is 0 Å². The third-order valence-electron chi connectivity index (χ3n) is 2.63. The van der Waals surface area contributed by atoms with Crippen LogP contribution >= 0.6 is 0 Å². The van der Waals surface area contributed by atoms with Crippen molar-refractivity contribution in [3.05, 3.63) is 59.7 Å². The van der Waals surface area contributed by atoms with E-state index < -0.39 is 20.2 Å². The van der Waals surface area contributed by atoms with Gasteiger partial charge in [-0.05, 0) is 37.6 Å². The molecule has 120 valence electrons. The molecule has 0 atom stereocenters. The van der Waals surface area contributed by atoms with Crippen molar-refractivity contribution < 1.29 is 85.1 Å². The van der Waals surface area contributed by atoms with Crippen molar-refractivity contribution >= 4 is 20.2 Å². The molecular weight excluding hydrogens is 374 g/mol. The first kappa shape index (κ1) is 26.5. The molecule has 0 spiro atoms. The van der Waals surface area contributed by atoms with Crippen LogP contribution in [0.1, 0.15) is 11.1 Å². The minimum absolute atomic E-state index is 0. The van der Waals surface area contributed by atoms with Crippen LogP contribution in [0, 0.1) is 13.8 Å². The van der Waals surface area contributed by atoms with Gasteiger partial charge >= 0.3 is 59.1 Å². The molecule has 0 bridgehead atoms. The van der Waals surface area contributed by atoms with E-state index in [0.717, 1.165) is 5.56 Å². The van der Waals surface area contributed by atoms with E-state index in [1.165, 1.54) is 30.3 Å². The van der Waals surface area contributed by atoms with Gasteiger partial charge in [0.2, 0.25) is 0 Å². The third kappa shape index (κ3) is 9.10. The largest absolute Gasteiger partial charge is 1.00 e. The fourth-order valence-electron chi connectivity index (χ4n) is 1.67. The molecule has 0 radical (unpaired) electrons. The van der Waals surface area contributed by atoms with Crippen molar-refractivity contribution in [3.8, 4) is 0 Å². The van der Waals surface area contributed by atoms with Gasteiger partial charge in [0, 0.05) is 0 Å². The molecule has 0 saturated carbocycles. The Balaban J connectivity index is 0. The Morgan fingerprint density at radius 2 is 1.25 bits per heavy atom. The first-order valence-corrected chi connectivity index (χ1v) is 8.87. The zero-order valence-electron chi connectivity index (χ0n) is 13.9. The second kappa shape index (κ2) is 11.1. The molecule has 0 heterocycles. The molecule has 0 aromatic heterocycles. The van der Waals surface area contributed by atoms with Crippen LogP contribution < -0.4 is 59.1 Å². The first-order valence-electron chi connectivity index (χ1n) is 6.06. The molecule has 10 heteroatoms. The first-order chi connectivity index (χ1) is 10.0. The van der Waals surface area contributed by atoms with Gasteiger partial charge in [0.15, 0.2) is 0 Å². The van der Waals surface area contributed by atoms with Gasteiger partial charge in [-0.1, -0.05) is 35.9 Å². The molecule has 2 aromatic carbocycles. The topological polar surface area (TPSA) is 114 Å². The van der Waals surface area contributed by atoms with Gasteiger partial charge in [0.05, 0.1) is 9.79 Å². The van der Waals surface area contributed by atoms with Crippen molar-refractivity contribution in [1.29, 1.82) is 0 Å². The van der Waals surface area contributed by atoms with E-state index in [2.05, 4.69) is 0 Å². The van der Waals surface area contributed by atoms with Gasteiger partial charge in [-0.3, -0.25) is 0 Å². The summed E-state index contributed by atoms with van der Waals surface area (Å²) in [5, 5.41) is 0. The van der Waals surface area contributed by atoms with E-state index in [9.17, 15) is 25.9 Å². The smallest absolute Gasteiger partial charge is 0.744 e. The molecule has 0 saturated heterocycles. The summed E-state index contributed by atoms with van der Waals surface area (Å²) in [5.74, 6) is 0. The fourth-order valence-corrected chi connectivity index (χ4v) is 2.85. The molecule has 0 aliphatic rings. The van der Waals surface area contributed by atoms with Crippen molar-refractivity contribution in [2.75, 3.05) is 0 Å². The Labute approximate surface area is 186 Å². The minimum Gasteiger partial charge on any atom is -0.744 e. The molecular formula is C14H14Na2O6S2. The second-order valence-corrected chi connectivity index (χ2v) is 7.22.